The minimum Gasteiger partial charge on any atom is -0.381 e. The average molecular weight is 315 g/mol. The van der Waals surface area contributed by atoms with Gasteiger partial charge in [-0.25, -0.2) is 0 Å². The number of hydrogen-bond acceptors (Lipinski definition) is 5. The summed E-state index contributed by atoms with van der Waals surface area (Å²) in [5.41, 5.74) is -0.176. The third-order valence-electron chi connectivity index (χ3n) is 2.56. The first-order valence-corrected chi connectivity index (χ1v) is 6.49. The van der Waals surface area contributed by atoms with Gasteiger partial charge in [-0.15, -0.1) is 0 Å². The molecule has 1 rings (SSSR count). The molecule has 3 N–H and O–H groups in total. The highest BCUT2D eigenvalue weighted by Crippen LogP contribution is 2.33. The summed E-state index contributed by atoms with van der Waals surface area (Å²) in [6.45, 7) is 1.98. The summed E-state index contributed by atoms with van der Waals surface area (Å²) in [5.74, 6) is -0.966. The number of halogens is 1. The minimum absolute atomic E-state index is 0.00926. The molecule has 0 aliphatic carbocycles. The SMILES string of the molecule is CCNC(=O)CNC(=O)c1cc(Cl)c(NC)c([N+](=O)[O-])c1. The summed E-state index contributed by atoms with van der Waals surface area (Å²) in [7, 11) is 1.49. The van der Waals surface area contributed by atoms with Crippen LogP contribution in [0.1, 0.15) is 17.3 Å². The Morgan fingerprint density at radius 1 is 1.33 bits per heavy atom. The van der Waals surface area contributed by atoms with Crippen molar-refractivity contribution in [3.05, 3.63) is 32.8 Å². The van der Waals surface area contributed by atoms with Crippen LogP contribution in [0.3, 0.4) is 0 Å². The molecule has 0 unspecified atom stereocenters. The molecule has 0 aromatic heterocycles. The fourth-order valence-electron chi connectivity index (χ4n) is 1.64. The summed E-state index contributed by atoms with van der Waals surface area (Å²) < 4.78 is 0. The van der Waals surface area contributed by atoms with Crippen molar-refractivity contribution in [3.63, 3.8) is 0 Å². The molecule has 0 heterocycles. The molecule has 0 saturated carbocycles. The number of anilines is 1. The second kappa shape index (κ2) is 7.44. The lowest BCUT2D eigenvalue weighted by Crippen LogP contribution is -2.36. The van der Waals surface area contributed by atoms with E-state index in [0.29, 0.717) is 6.54 Å². The first-order chi connectivity index (χ1) is 9.90. The van der Waals surface area contributed by atoms with E-state index in [0.717, 1.165) is 6.07 Å². The maximum absolute atomic E-state index is 11.9. The number of carbonyl (C=O) groups excluding carboxylic acids is 2. The van der Waals surface area contributed by atoms with Crippen molar-refractivity contribution in [1.82, 2.24) is 10.6 Å². The van der Waals surface area contributed by atoms with E-state index < -0.39 is 10.8 Å². The highest BCUT2D eigenvalue weighted by atomic mass is 35.5. The highest BCUT2D eigenvalue weighted by molar-refractivity contribution is 6.34. The number of nitro benzene ring substituents is 1. The Morgan fingerprint density at radius 3 is 2.52 bits per heavy atom. The molecule has 0 bridgehead atoms. The summed E-state index contributed by atoms with van der Waals surface area (Å²) in [5, 5.41) is 18.5. The van der Waals surface area contributed by atoms with Gasteiger partial charge in [-0.1, -0.05) is 11.6 Å². The van der Waals surface area contributed by atoms with Crippen molar-refractivity contribution in [2.45, 2.75) is 6.92 Å². The Bertz CT molecular complexity index is 577. The topological polar surface area (TPSA) is 113 Å². The summed E-state index contributed by atoms with van der Waals surface area (Å²) >= 11 is 5.91. The molecular formula is C12H15ClN4O4. The molecule has 0 atom stereocenters. The zero-order valence-corrected chi connectivity index (χ0v) is 12.3. The molecule has 0 aliphatic rings. The van der Waals surface area contributed by atoms with Crippen LogP contribution in [0.4, 0.5) is 11.4 Å². The van der Waals surface area contributed by atoms with Crippen molar-refractivity contribution < 1.29 is 14.5 Å². The molecule has 21 heavy (non-hydrogen) atoms. The van der Waals surface area contributed by atoms with Gasteiger partial charge >= 0.3 is 0 Å². The van der Waals surface area contributed by atoms with Gasteiger partial charge in [0, 0.05) is 25.2 Å². The van der Waals surface area contributed by atoms with Crippen LogP contribution in [0.25, 0.3) is 0 Å². The van der Waals surface area contributed by atoms with Gasteiger partial charge in [-0.3, -0.25) is 19.7 Å². The van der Waals surface area contributed by atoms with E-state index >= 15 is 0 Å². The van der Waals surface area contributed by atoms with Gasteiger partial charge in [0.2, 0.25) is 5.91 Å². The quantitative estimate of drug-likeness (QED) is 0.538. The summed E-state index contributed by atoms with van der Waals surface area (Å²) in [6, 6.07) is 2.40. The number of benzene rings is 1. The highest BCUT2D eigenvalue weighted by Gasteiger charge is 2.20. The van der Waals surface area contributed by atoms with Gasteiger partial charge in [0.15, 0.2) is 0 Å². The van der Waals surface area contributed by atoms with Crippen molar-refractivity contribution in [3.8, 4) is 0 Å². The molecule has 2 amide bonds. The molecule has 0 radical (unpaired) electrons. The lowest BCUT2D eigenvalue weighted by atomic mass is 10.1. The van der Waals surface area contributed by atoms with Gasteiger partial charge in [0.1, 0.15) is 5.69 Å². The molecule has 0 saturated heterocycles. The van der Waals surface area contributed by atoms with E-state index in [-0.39, 0.29) is 34.4 Å². The number of amides is 2. The zero-order chi connectivity index (χ0) is 16.0. The molecular weight excluding hydrogens is 300 g/mol. The molecule has 1 aromatic carbocycles. The Hall–Kier alpha value is -2.35. The largest absolute Gasteiger partial charge is 0.381 e. The van der Waals surface area contributed by atoms with Crippen LogP contribution in [-0.4, -0.2) is 36.9 Å². The van der Waals surface area contributed by atoms with Crippen LogP contribution in [-0.2, 0) is 4.79 Å². The van der Waals surface area contributed by atoms with Gasteiger partial charge in [-0.05, 0) is 13.0 Å². The van der Waals surface area contributed by atoms with E-state index in [4.69, 9.17) is 11.6 Å². The second-order valence-electron chi connectivity index (χ2n) is 4.00. The number of carbonyl (C=O) groups is 2. The first-order valence-electron chi connectivity index (χ1n) is 6.11. The number of hydrogen-bond donors (Lipinski definition) is 3. The molecule has 0 aliphatic heterocycles. The van der Waals surface area contributed by atoms with Crippen LogP contribution in [0.5, 0.6) is 0 Å². The van der Waals surface area contributed by atoms with Crippen LogP contribution in [0.2, 0.25) is 5.02 Å². The Labute approximate surface area is 126 Å². The van der Waals surface area contributed by atoms with Crippen molar-refractivity contribution in [2.24, 2.45) is 0 Å². The number of likely N-dealkylation sites (N-methyl/N-ethyl adjacent to an activating group) is 1. The maximum Gasteiger partial charge on any atom is 0.294 e. The molecule has 0 spiro atoms. The lowest BCUT2D eigenvalue weighted by Gasteiger charge is -2.09. The normalized spacial score (nSPS) is 9.86. The predicted octanol–water partition coefficient (Wildman–Crippen LogP) is 1.16. The van der Waals surface area contributed by atoms with Crippen LogP contribution < -0.4 is 16.0 Å². The standard InChI is InChI=1S/C12H15ClN4O4/c1-3-15-10(18)6-16-12(19)7-4-8(13)11(14-2)9(5-7)17(20)21/h4-5,14H,3,6H2,1-2H3,(H,15,18)(H,16,19). The maximum atomic E-state index is 11.9. The lowest BCUT2D eigenvalue weighted by molar-refractivity contribution is -0.383. The number of rotatable bonds is 6. The van der Waals surface area contributed by atoms with E-state index in [9.17, 15) is 19.7 Å². The minimum atomic E-state index is -0.641. The molecule has 0 fully saturated rings. The predicted molar refractivity (Wildman–Crippen MR) is 78.7 cm³/mol. The van der Waals surface area contributed by atoms with E-state index in [1.54, 1.807) is 6.92 Å². The number of nitrogens with zero attached hydrogens (tertiary/aromatic N) is 1. The second-order valence-corrected chi connectivity index (χ2v) is 4.40. The fraction of sp³-hybridized carbons (Fsp3) is 0.333. The van der Waals surface area contributed by atoms with Crippen molar-refractivity contribution in [2.75, 3.05) is 25.5 Å². The van der Waals surface area contributed by atoms with Crippen molar-refractivity contribution >= 4 is 34.8 Å². The zero-order valence-electron chi connectivity index (χ0n) is 11.5. The number of nitrogens with one attached hydrogen (secondary N) is 3. The fourth-order valence-corrected chi connectivity index (χ4v) is 1.95. The van der Waals surface area contributed by atoms with Crippen LogP contribution in [0, 0.1) is 10.1 Å². The Balaban J connectivity index is 2.95. The average Bonchev–Trinajstić information content (AvgIpc) is 2.44. The van der Waals surface area contributed by atoms with E-state index in [1.165, 1.54) is 13.1 Å². The third-order valence-corrected chi connectivity index (χ3v) is 2.86. The van der Waals surface area contributed by atoms with Crippen molar-refractivity contribution in [1.29, 1.82) is 0 Å². The number of nitro groups is 1. The van der Waals surface area contributed by atoms with E-state index in [2.05, 4.69) is 16.0 Å². The van der Waals surface area contributed by atoms with Gasteiger partial charge < -0.3 is 16.0 Å². The third kappa shape index (κ3) is 4.32. The Kier molecular flexibility index (Phi) is 5.92. The molecule has 1 aromatic rings. The molecule has 8 nitrogen and oxygen atoms in total. The van der Waals surface area contributed by atoms with Gasteiger partial charge in [0.25, 0.3) is 11.6 Å². The monoisotopic (exact) mass is 314 g/mol. The smallest absolute Gasteiger partial charge is 0.294 e. The van der Waals surface area contributed by atoms with E-state index in [1.807, 2.05) is 0 Å². The molecule has 114 valence electrons. The Morgan fingerprint density at radius 2 is 2.00 bits per heavy atom. The van der Waals surface area contributed by atoms with Crippen LogP contribution >= 0.6 is 11.6 Å². The van der Waals surface area contributed by atoms with Gasteiger partial charge in [-0.2, -0.15) is 0 Å². The van der Waals surface area contributed by atoms with Gasteiger partial charge in [0.05, 0.1) is 16.5 Å². The first kappa shape index (κ1) is 16.7. The molecule has 9 heteroatoms. The summed E-state index contributed by atoms with van der Waals surface area (Å²) in [4.78, 5) is 33.5. The summed E-state index contributed by atoms with van der Waals surface area (Å²) in [6.07, 6.45) is 0. The van der Waals surface area contributed by atoms with Crippen LogP contribution in [0.15, 0.2) is 12.1 Å².